The van der Waals surface area contributed by atoms with Crippen molar-refractivity contribution in [1.82, 2.24) is 4.90 Å². The summed E-state index contributed by atoms with van der Waals surface area (Å²) >= 11 is 0. The van der Waals surface area contributed by atoms with Gasteiger partial charge < -0.3 is 16.0 Å². The van der Waals surface area contributed by atoms with Gasteiger partial charge >= 0.3 is 0 Å². The number of carbonyl (C=O) groups is 2. The normalized spacial score (nSPS) is 14.8. The van der Waals surface area contributed by atoms with Crippen LogP contribution in [0.25, 0.3) is 0 Å². The van der Waals surface area contributed by atoms with E-state index in [4.69, 9.17) is 5.73 Å². The van der Waals surface area contributed by atoms with Gasteiger partial charge in [-0.1, -0.05) is 37.3 Å². The van der Waals surface area contributed by atoms with Crippen LogP contribution in [0.15, 0.2) is 48.5 Å². The van der Waals surface area contributed by atoms with E-state index in [2.05, 4.69) is 24.4 Å². The topological polar surface area (TPSA) is 75.4 Å². The number of para-hydroxylation sites is 1. The number of rotatable bonds is 6. The van der Waals surface area contributed by atoms with Gasteiger partial charge in [-0.3, -0.25) is 9.59 Å². The average Bonchev–Trinajstić information content (AvgIpc) is 2.72. The van der Waals surface area contributed by atoms with Gasteiger partial charge in [0.2, 0.25) is 5.91 Å². The van der Waals surface area contributed by atoms with Gasteiger partial charge in [0.1, 0.15) is 0 Å². The Labute approximate surface area is 160 Å². The summed E-state index contributed by atoms with van der Waals surface area (Å²) in [6.07, 6.45) is 2.27. The SMILES string of the molecule is CCc1ccccc1NCc1cccc(C(=O)N2CCC(C(N)=O)CC2)c1. The highest BCUT2D eigenvalue weighted by Crippen LogP contribution is 2.20. The Morgan fingerprint density at radius 2 is 1.85 bits per heavy atom. The van der Waals surface area contributed by atoms with Crippen molar-refractivity contribution in [2.75, 3.05) is 18.4 Å². The van der Waals surface area contributed by atoms with E-state index < -0.39 is 0 Å². The molecule has 0 spiro atoms. The number of nitrogens with zero attached hydrogens (tertiary/aromatic N) is 1. The van der Waals surface area contributed by atoms with Crippen molar-refractivity contribution in [1.29, 1.82) is 0 Å². The number of hydrogen-bond acceptors (Lipinski definition) is 3. The Morgan fingerprint density at radius 3 is 2.56 bits per heavy atom. The number of nitrogens with two attached hydrogens (primary N) is 1. The van der Waals surface area contributed by atoms with Crippen LogP contribution in [0.3, 0.4) is 0 Å². The molecular formula is C22H27N3O2. The summed E-state index contributed by atoms with van der Waals surface area (Å²) < 4.78 is 0. The molecule has 5 nitrogen and oxygen atoms in total. The number of carbonyl (C=O) groups excluding carboxylic acids is 2. The van der Waals surface area contributed by atoms with E-state index in [1.54, 1.807) is 0 Å². The molecule has 27 heavy (non-hydrogen) atoms. The smallest absolute Gasteiger partial charge is 0.253 e. The highest BCUT2D eigenvalue weighted by Gasteiger charge is 2.26. The second-order valence-corrected chi connectivity index (χ2v) is 7.03. The molecule has 1 aliphatic rings. The average molecular weight is 365 g/mol. The summed E-state index contributed by atoms with van der Waals surface area (Å²) in [5.41, 5.74) is 9.54. The van der Waals surface area contributed by atoms with Crippen LogP contribution in [0.5, 0.6) is 0 Å². The molecule has 0 saturated carbocycles. The first-order chi connectivity index (χ1) is 13.1. The molecule has 0 bridgehead atoms. The number of likely N-dealkylation sites (tertiary alicyclic amines) is 1. The predicted molar refractivity (Wildman–Crippen MR) is 107 cm³/mol. The van der Waals surface area contributed by atoms with E-state index in [-0.39, 0.29) is 17.7 Å². The molecule has 1 saturated heterocycles. The molecule has 2 amide bonds. The summed E-state index contributed by atoms with van der Waals surface area (Å²) in [4.78, 5) is 25.9. The second-order valence-electron chi connectivity index (χ2n) is 7.03. The van der Waals surface area contributed by atoms with Crippen molar-refractivity contribution < 1.29 is 9.59 Å². The highest BCUT2D eigenvalue weighted by atomic mass is 16.2. The van der Waals surface area contributed by atoms with Gasteiger partial charge in [-0.25, -0.2) is 0 Å². The van der Waals surface area contributed by atoms with E-state index in [0.29, 0.717) is 38.0 Å². The lowest BCUT2D eigenvalue weighted by atomic mass is 9.95. The van der Waals surface area contributed by atoms with Gasteiger partial charge in [0.15, 0.2) is 0 Å². The molecular weight excluding hydrogens is 338 g/mol. The summed E-state index contributed by atoms with van der Waals surface area (Å²) in [5.74, 6) is -0.348. The molecule has 0 radical (unpaired) electrons. The number of benzene rings is 2. The van der Waals surface area contributed by atoms with Gasteiger partial charge in [-0.05, 0) is 48.6 Å². The van der Waals surface area contributed by atoms with E-state index in [0.717, 1.165) is 17.7 Å². The minimum absolute atomic E-state index is 0.0220. The van der Waals surface area contributed by atoms with Crippen molar-refractivity contribution >= 4 is 17.5 Å². The summed E-state index contributed by atoms with van der Waals surface area (Å²) in [7, 11) is 0. The standard InChI is InChI=1S/C22H27N3O2/c1-2-17-7-3-4-9-20(17)24-15-16-6-5-8-19(14-16)22(27)25-12-10-18(11-13-25)21(23)26/h3-9,14,18,24H,2,10-13,15H2,1H3,(H2,23,26). The van der Waals surface area contributed by atoms with Crippen LogP contribution in [0, 0.1) is 5.92 Å². The third-order valence-corrected chi connectivity index (χ3v) is 5.24. The molecule has 142 valence electrons. The van der Waals surface area contributed by atoms with E-state index in [9.17, 15) is 9.59 Å². The molecule has 0 aliphatic carbocycles. The maximum atomic E-state index is 12.8. The summed E-state index contributed by atoms with van der Waals surface area (Å²) in [5, 5.41) is 3.47. The van der Waals surface area contributed by atoms with Crippen LogP contribution in [-0.4, -0.2) is 29.8 Å². The molecule has 3 N–H and O–H groups in total. The first-order valence-corrected chi connectivity index (χ1v) is 9.57. The monoisotopic (exact) mass is 365 g/mol. The zero-order valence-electron chi connectivity index (χ0n) is 15.8. The highest BCUT2D eigenvalue weighted by molar-refractivity contribution is 5.94. The largest absolute Gasteiger partial charge is 0.381 e. The lowest BCUT2D eigenvalue weighted by Crippen LogP contribution is -2.41. The van der Waals surface area contributed by atoms with Crippen LogP contribution in [0.2, 0.25) is 0 Å². The fraction of sp³-hybridized carbons (Fsp3) is 0.364. The van der Waals surface area contributed by atoms with Crippen molar-refractivity contribution in [3.8, 4) is 0 Å². The molecule has 0 aromatic heterocycles. The molecule has 2 aromatic rings. The Balaban J connectivity index is 1.63. The third-order valence-electron chi connectivity index (χ3n) is 5.24. The van der Waals surface area contributed by atoms with Crippen molar-refractivity contribution in [2.24, 2.45) is 11.7 Å². The lowest BCUT2D eigenvalue weighted by Gasteiger charge is -2.30. The summed E-state index contributed by atoms with van der Waals surface area (Å²) in [6, 6.07) is 16.0. The zero-order valence-corrected chi connectivity index (χ0v) is 15.8. The van der Waals surface area contributed by atoms with Crippen LogP contribution in [0.4, 0.5) is 5.69 Å². The Kier molecular flexibility index (Phi) is 6.12. The minimum Gasteiger partial charge on any atom is -0.381 e. The first-order valence-electron chi connectivity index (χ1n) is 9.57. The second kappa shape index (κ2) is 8.71. The molecule has 0 atom stereocenters. The predicted octanol–water partition coefficient (Wildman–Crippen LogP) is 3.20. The Hall–Kier alpha value is -2.82. The number of nitrogens with one attached hydrogen (secondary N) is 1. The van der Waals surface area contributed by atoms with Crippen LogP contribution in [0.1, 0.15) is 41.3 Å². The van der Waals surface area contributed by atoms with E-state index >= 15 is 0 Å². The number of amides is 2. The first kappa shape index (κ1) is 19.0. The number of piperidine rings is 1. The Morgan fingerprint density at radius 1 is 1.11 bits per heavy atom. The van der Waals surface area contributed by atoms with E-state index in [1.165, 1.54) is 5.56 Å². The molecule has 2 aromatic carbocycles. The maximum Gasteiger partial charge on any atom is 0.253 e. The zero-order chi connectivity index (χ0) is 19.2. The molecule has 1 aliphatic heterocycles. The van der Waals surface area contributed by atoms with Crippen LogP contribution >= 0.6 is 0 Å². The van der Waals surface area contributed by atoms with Crippen molar-refractivity contribution in [3.63, 3.8) is 0 Å². The van der Waals surface area contributed by atoms with Crippen LogP contribution < -0.4 is 11.1 Å². The molecule has 5 heteroatoms. The summed E-state index contributed by atoms with van der Waals surface area (Å²) in [6.45, 7) is 3.97. The molecule has 3 rings (SSSR count). The van der Waals surface area contributed by atoms with Crippen molar-refractivity contribution in [3.05, 3.63) is 65.2 Å². The van der Waals surface area contributed by atoms with Crippen molar-refractivity contribution in [2.45, 2.75) is 32.7 Å². The van der Waals surface area contributed by atoms with Crippen LogP contribution in [-0.2, 0) is 17.8 Å². The fourth-order valence-electron chi connectivity index (χ4n) is 3.56. The van der Waals surface area contributed by atoms with E-state index in [1.807, 2.05) is 41.3 Å². The molecule has 1 fully saturated rings. The van der Waals surface area contributed by atoms with Gasteiger partial charge in [-0.2, -0.15) is 0 Å². The fourth-order valence-corrected chi connectivity index (χ4v) is 3.56. The number of anilines is 1. The lowest BCUT2D eigenvalue weighted by molar-refractivity contribution is -0.123. The number of hydrogen-bond donors (Lipinski definition) is 2. The minimum atomic E-state index is -0.262. The van der Waals surface area contributed by atoms with Gasteiger partial charge in [-0.15, -0.1) is 0 Å². The molecule has 0 unspecified atom stereocenters. The number of aryl methyl sites for hydroxylation is 1. The van der Waals surface area contributed by atoms with Gasteiger partial charge in [0.05, 0.1) is 0 Å². The molecule has 1 heterocycles. The van der Waals surface area contributed by atoms with Gasteiger partial charge in [0, 0.05) is 36.8 Å². The number of primary amides is 1. The third kappa shape index (κ3) is 4.67. The quantitative estimate of drug-likeness (QED) is 0.825. The Bertz CT molecular complexity index is 811. The van der Waals surface area contributed by atoms with Gasteiger partial charge in [0.25, 0.3) is 5.91 Å². The maximum absolute atomic E-state index is 12.8.